The summed E-state index contributed by atoms with van der Waals surface area (Å²) in [6, 6.07) is 15.5. The van der Waals surface area contributed by atoms with Crippen molar-refractivity contribution >= 4 is 21.8 Å². The smallest absolute Gasteiger partial charge is 0.291 e. The highest BCUT2D eigenvalue weighted by atomic mass is 19.1. The fourth-order valence-corrected chi connectivity index (χ4v) is 3.73. The number of ether oxygens (including phenoxy) is 1. The van der Waals surface area contributed by atoms with Crippen LogP contribution in [0.5, 0.6) is 11.6 Å². The van der Waals surface area contributed by atoms with Crippen molar-refractivity contribution in [2.45, 2.75) is 13.5 Å². The number of nitrogens with zero attached hydrogens (tertiary/aromatic N) is 5. The number of benzene rings is 1. The molecule has 0 unspecified atom stereocenters. The average Bonchev–Trinajstić information content (AvgIpc) is 3.02. The van der Waals surface area contributed by atoms with Gasteiger partial charge in [0.2, 0.25) is 11.8 Å². The van der Waals surface area contributed by atoms with Crippen molar-refractivity contribution < 1.29 is 9.13 Å². The standard InChI is InChI=1S/C23H18FN5O2/c1-14-5-3-6-15(26-14)13-29-23(30)22-18(12-25-29)17-11-16(9-10-19(17)28(22)2)31-21-8-4-7-20(24)27-21/h3-12H,13H2,1-2H3. The van der Waals surface area contributed by atoms with Crippen molar-refractivity contribution in [1.29, 1.82) is 0 Å². The molecule has 0 aliphatic heterocycles. The van der Waals surface area contributed by atoms with Gasteiger partial charge in [0.25, 0.3) is 5.56 Å². The van der Waals surface area contributed by atoms with E-state index in [-0.39, 0.29) is 18.0 Å². The average molecular weight is 415 g/mol. The van der Waals surface area contributed by atoms with Crippen LogP contribution in [0.25, 0.3) is 21.8 Å². The summed E-state index contributed by atoms with van der Waals surface area (Å²) in [7, 11) is 1.84. The van der Waals surface area contributed by atoms with Crippen molar-refractivity contribution in [3.05, 3.63) is 88.5 Å². The molecule has 1 aromatic carbocycles. The van der Waals surface area contributed by atoms with E-state index in [4.69, 9.17) is 4.74 Å². The molecule has 4 heterocycles. The zero-order valence-corrected chi connectivity index (χ0v) is 16.9. The monoisotopic (exact) mass is 415 g/mol. The van der Waals surface area contributed by atoms with Gasteiger partial charge < -0.3 is 9.30 Å². The van der Waals surface area contributed by atoms with Crippen molar-refractivity contribution in [2.75, 3.05) is 0 Å². The third-order valence-electron chi connectivity index (χ3n) is 5.14. The van der Waals surface area contributed by atoms with Gasteiger partial charge >= 0.3 is 0 Å². The van der Waals surface area contributed by atoms with Crippen molar-refractivity contribution in [3.8, 4) is 11.6 Å². The number of hydrogen-bond donors (Lipinski definition) is 0. The van der Waals surface area contributed by atoms with Crippen LogP contribution in [0, 0.1) is 12.9 Å². The lowest BCUT2D eigenvalue weighted by atomic mass is 10.2. The molecule has 0 atom stereocenters. The lowest BCUT2D eigenvalue weighted by Gasteiger charge is -2.05. The summed E-state index contributed by atoms with van der Waals surface area (Å²) in [6.07, 6.45) is 1.68. The molecule has 0 spiro atoms. The van der Waals surface area contributed by atoms with Crippen LogP contribution in [0.2, 0.25) is 0 Å². The molecular formula is C23H18FN5O2. The van der Waals surface area contributed by atoms with Gasteiger partial charge in [-0.25, -0.2) is 4.68 Å². The van der Waals surface area contributed by atoms with Crippen LogP contribution < -0.4 is 10.3 Å². The lowest BCUT2D eigenvalue weighted by Crippen LogP contribution is -2.24. The SMILES string of the molecule is Cc1cccc(Cn2ncc3c4cc(Oc5cccc(F)n5)ccc4n(C)c3c2=O)n1. The molecule has 7 nitrogen and oxygen atoms in total. The maximum atomic E-state index is 13.4. The molecule has 0 saturated heterocycles. The van der Waals surface area contributed by atoms with Gasteiger partial charge in [0, 0.05) is 35.1 Å². The maximum Gasteiger partial charge on any atom is 0.291 e. The second-order valence-corrected chi connectivity index (χ2v) is 7.28. The highest BCUT2D eigenvalue weighted by Gasteiger charge is 2.15. The van der Waals surface area contributed by atoms with E-state index in [2.05, 4.69) is 15.1 Å². The first-order chi connectivity index (χ1) is 15.0. The van der Waals surface area contributed by atoms with E-state index in [1.54, 1.807) is 24.4 Å². The fourth-order valence-electron chi connectivity index (χ4n) is 3.73. The highest BCUT2D eigenvalue weighted by Crippen LogP contribution is 2.30. The van der Waals surface area contributed by atoms with Gasteiger partial charge in [-0.2, -0.15) is 14.5 Å². The van der Waals surface area contributed by atoms with Crippen LogP contribution in [-0.2, 0) is 13.6 Å². The fraction of sp³-hybridized carbons (Fsp3) is 0.130. The molecule has 31 heavy (non-hydrogen) atoms. The van der Waals surface area contributed by atoms with E-state index >= 15 is 0 Å². The molecule has 0 aliphatic rings. The number of pyridine rings is 2. The Hall–Kier alpha value is -4.07. The van der Waals surface area contributed by atoms with Crippen LogP contribution in [0.15, 0.2) is 65.6 Å². The summed E-state index contributed by atoms with van der Waals surface area (Å²) < 4.78 is 22.3. The van der Waals surface area contributed by atoms with Crippen LogP contribution >= 0.6 is 0 Å². The van der Waals surface area contributed by atoms with Crippen molar-refractivity contribution in [1.82, 2.24) is 24.3 Å². The van der Waals surface area contributed by atoms with Crippen LogP contribution in [0.4, 0.5) is 4.39 Å². The predicted molar refractivity (Wildman–Crippen MR) is 115 cm³/mol. The molecule has 0 N–H and O–H groups in total. The molecule has 0 saturated carbocycles. The predicted octanol–water partition coefficient (Wildman–Crippen LogP) is 3.97. The summed E-state index contributed by atoms with van der Waals surface area (Å²) in [5, 5.41) is 5.90. The lowest BCUT2D eigenvalue weighted by molar-refractivity contribution is 0.446. The Morgan fingerprint density at radius 2 is 1.87 bits per heavy atom. The molecule has 0 fully saturated rings. The molecule has 8 heteroatoms. The second-order valence-electron chi connectivity index (χ2n) is 7.28. The molecule has 154 valence electrons. The summed E-state index contributed by atoms with van der Waals surface area (Å²) >= 11 is 0. The summed E-state index contributed by atoms with van der Waals surface area (Å²) in [5.41, 5.74) is 2.86. The van der Waals surface area contributed by atoms with Crippen LogP contribution in [0.1, 0.15) is 11.4 Å². The first kappa shape index (κ1) is 18.9. The molecule has 5 aromatic rings. The van der Waals surface area contributed by atoms with E-state index in [0.29, 0.717) is 16.7 Å². The van der Waals surface area contributed by atoms with Gasteiger partial charge in [0.15, 0.2) is 0 Å². The van der Waals surface area contributed by atoms with Crippen molar-refractivity contribution in [3.63, 3.8) is 0 Å². The van der Waals surface area contributed by atoms with Gasteiger partial charge in [-0.15, -0.1) is 0 Å². The zero-order valence-electron chi connectivity index (χ0n) is 16.9. The summed E-state index contributed by atoms with van der Waals surface area (Å²) in [5.74, 6) is 0.0357. The minimum Gasteiger partial charge on any atom is -0.439 e. The first-order valence-electron chi connectivity index (χ1n) is 9.71. The van der Waals surface area contributed by atoms with Crippen molar-refractivity contribution in [2.24, 2.45) is 7.05 Å². The molecule has 5 rings (SSSR count). The van der Waals surface area contributed by atoms with E-state index < -0.39 is 5.95 Å². The topological polar surface area (TPSA) is 74.8 Å². The normalized spacial score (nSPS) is 11.3. The van der Waals surface area contributed by atoms with Gasteiger partial charge in [-0.3, -0.25) is 9.78 Å². The van der Waals surface area contributed by atoms with Gasteiger partial charge in [-0.05, 0) is 43.3 Å². The Balaban J connectivity index is 1.59. The van der Waals surface area contributed by atoms with E-state index in [1.807, 2.05) is 42.8 Å². The number of aryl methyl sites for hydroxylation is 2. The third kappa shape index (κ3) is 3.42. The van der Waals surface area contributed by atoms with E-state index in [9.17, 15) is 9.18 Å². The van der Waals surface area contributed by atoms with Gasteiger partial charge in [-0.1, -0.05) is 12.1 Å². The Morgan fingerprint density at radius 1 is 1.03 bits per heavy atom. The number of rotatable bonds is 4. The molecule has 0 bridgehead atoms. The zero-order chi connectivity index (χ0) is 21.5. The Morgan fingerprint density at radius 3 is 2.68 bits per heavy atom. The van der Waals surface area contributed by atoms with Gasteiger partial charge in [0.1, 0.15) is 11.3 Å². The first-order valence-corrected chi connectivity index (χ1v) is 9.71. The second kappa shape index (κ2) is 7.32. The largest absolute Gasteiger partial charge is 0.439 e. The molecular weight excluding hydrogens is 397 g/mol. The minimum atomic E-state index is -0.614. The maximum absolute atomic E-state index is 13.4. The molecule has 0 radical (unpaired) electrons. The molecule has 0 amide bonds. The van der Waals surface area contributed by atoms with Crippen LogP contribution in [-0.4, -0.2) is 24.3 Å². The Labute approximate surface area is 176 Å². The number of halogens is 1. The molecule has 4 aromatic heterocycles. The highest BCUT2D eigenvalue weighted by molar-refractivity contribution is 6.07. The van der Waals surface area contributed by atoms with E-state index in [0.717, 1.165) is 22.3 Å². The number of fused-ring (bicyclic) bond motifs is 3. The number of aromatic nitrogens is 5. The summed E-state index contributed by atoms with van der Waals surface area (Å²) in [4.78, 5) is 21.4. The summed E-state index contributed by atoms with van der Waals surface area (Å²) in [6.45, 7) is 2.20. The quantitative estimate of drug-likeness (QED) is 0.415. The Kier molecular flexibility index (Phi) is 4.47. The van der Waals surface area contributed by atoms with E-state index in [1.165, 1.54) is 16.8 Å². The minimum absolute atomic E-state index is 0.158. The third-order valence-corrected chi connectivity index (χ3v) is 5.14. The van der Waals surface area contributed by atoms with Crippen LogP contribution in [0.3, 0.4) is 0 Å². The van der Waals surface area contributed by atoms with Gasteiger partial charge in [0.05, 0.1) is 18.4 Å². The molecule has 0 aliphatic carbocycles. The Bertz CT molecular complexity index is 1510. The number of hydrogen-bond acceptors (Lipinski definition) is 5.